The molecule has 1 unspecified atom stereocenters. The summed E-state index contributed by atoms with van der Waals surface area (Å²) in [7, 11) is 0. The van der Waals surface area contributed by atoms with Crippen molar-refractivity contribution in [2.75, 3.05) is 6.54 Å². The molecule has 1 N–H and O–H groups in total. The molecule has 1 aliphatic carbocycles. The minimum absolute atomic E-state index is 0.0985. The standard InChI is InChI=1S/C13H21N3O5.OS/c17-12(14-9-4-2-1-3-5-9)11-7-6-10-8-15(11)13(18)16(10)20-21-19;1-2/h9-11,19H,1-8H2,(H,14,17);/p-1/t10?,11-;/m0./s1. The number of fused-ring (bicyclic) bond motifs is 2. The Kier molecular flexibility index (Phi) is 6.63. The van der Waals surface area contributed by atoms with Gasteiger partial charge in [0.15, 0.2) is 12.5 Å². The number of hydrogen-bond donors (Lipinski definition) is 1. The molecule has 0 aromatic carbocycles. The molecule has 3 rings (SSSR count). The number of amides is 3. The first kappa shape index (κ1) is 18.0. The van der Waals surface area contributed by atoms with Crippen LogP contribution in [0.5, 0.6) is 0 Å². The van der Waals surface area contributed by atoms with Gasteiger partial charge >= 0.3 is 6.03 Å². The van der Waals surface area contributed by atoms with Crippen LogP contribution in [-0.2, 0) is 27.4 Å². The molecular formula is C13H20N3O6S-. The summed E-state index contributed by atoms with van der Waals surface area (Å²) in [6, 6.07) is -0.947. The summed E-state index contributed by atoms with van der Waals surface area (Å²) in [5.41, 5.74) is 0. The largest absolute Gasteiger partial charge is 0.690 e. The highest BCUT2D eigenvalue weighted by Crippen LogP contribution is 2.30. The van der Waals surface area contributed by atoms with Gasteiger partial charge in [-0.1, -0.05) is 19.3 Å². The molecule has 3 fully saturated rings. The number of rotatable bonds is 4. The first-order chi connectivity index (χ1) is 11.2. The monoisotopic (exact) mass is 346 g/mol. The number of hydroxylamine groups is 2. The Balaban J connectivity index is 0.000000924. The molecule has 3 aliphatic rings. The molecule has 23 heavy (non-hydrogen) atoms. The third-order valence-electron chi connectivity index (χ3n) is 4.69. The van der Waals surface area contributed by atoms with Crippen LogP contribution in [-0.4, -0.2) is 50.8 Å². The van der Waals surface area contributed by atoms with Gasteiger partial charge in [-0.3, -0.25) is 9.83 Å². The van der Waals surface area contributed by atoms with Gasteiger partial charge in [-0.15, -0.1) is 4.99 Å². The molecule has 1 saturated carbocycles. The maximum absolute atomic E-state index is 12.4. The second-order valence-electron chi connectivity index (χ2n) is 5.99. The Morgan fingerprint density at radius 1 is 1.17 bits per heavy atom. The van der Waals surface area contributed by atoms with E-state index in [1.807, 2.05) is 0 Å². The molecule has 10 heteroatoms. The summed E-state index contributed by atoms with van der Waals surface area (Å²) in [6.45, 7) is 0.394. The molecular weight excluding hydrogens is 326 g/mol. The lowest BCUT2D eigenvalue weighted by Gasteiger charge is -2.31. The van der Waals surface area contributed by atoms with Crippen LogP contribution in [0.3, 0.4) is 0 Å². The van der Waals surface area contributed by atoms with Crippen molar-refractivity contribution in [2.45, 2.75) is 63.1 Å². The van der Waals surface area contributed by atoms with Gasteiger partial charge in [0.1, 0.15) is 6.04 Å². The minimum Gasteiger partial charge on any atom is -0.690 e. The molecule has 3 amide bonds. The number of nitrogens with one attached hydrogen (secondary N) is 1. The van der Waals surface area contributed by atoms with Crippen LogP contribution in [0.15, 0.2) is 0 Å². The highest BCUT2D eigenvalue weighted by molar-refractivity contribution is 7.44. The highest BCUT2D eigenvalue weighted by Gasteiger charge is 2.48. The second-order valence-corrected chi connectivity index (χ2v) is 5.99. The van der Waals surface area contributed by atoms with E-state index in [4.69, 9.17) is 4.21 Å². The zero-order chi connectivity index (χ0) is 16.8. The lowest BCUT2D eigenvalue weighted by molar-refractivity contribution is -0.823. The smallest absolute Gasteiger partial charge is 0.347 e. The summed E-state index contributed by atoms with van der Waals surface area (Å²) in [4.78, 5) is 30.3. The van der Waals surface area contributed by atoms with E-state index >= 15 is 0 Å². The van der Waals surface area contributed by atoms with Crippen molar-refractivity contribution in [3.63, 3.8) is 0 Å². The Morgan fingerprint density at radius 3 is 2.52 bits per heavy atom. The average Bonchev–Trinajstić information content (AvgIpc) is 2.83. The summed E-state index contributed by atoms with van der Waals surface area (Å²) in [5.74, 6) is -0.0985. The number of piperidine rings is 1. The first-order valence-electron chi connectivity index (χ1n) is 7.74. The van der Waals surface area contributed by atoms with E-state index in [1.54, 1.807) is 0 Å². The number of hydrogen-bond acceptors (Lipinski definition) is 7. The van der Waals surface area contributed by atoms with E-state index in [0.717, 1.165) is 30.7 Å². The summed E-state index contributed by atoms with van der Waals surface area (Å²) >= 11 is 2.83. The Hall–Kier alpha value is -1.36. The topological polar surface area (TPSA) is 111 Å². The van der Waals surface area contributed by atoms with Gasteiger partial charge in [-0.2, -0.15) is 9.27 Å². The summed E-state index contributed by atoms with van der Waals surface area (Å²) in [6.07, 6.45) is 6.72. The maximum atomic E-state index is 12.4. The van der Waals surface area contributed by atoms with Gasteiger partial charge in [0, 0.05) is 12.6 Å². The number of nitrogens with zero attached hydrogens (tertiary/aromatic N) is 2. The van der Waals surface area contributed by atoms with E-state index in [-0.39, 0.29) is 18.0 Å². The Labute approximate surface area is 139 Å². The molecule has 2 bridgehead atoms. The van der Waals surface area contributed by atoms with Crippen LogP contribution in [0.2, 0.25) is 0 Å². The normalized spacial score (nSPS) is 27.4. The minimum atomic E-state index is -0.476. The SMILES string of the molecule is O=C(NC1CCCCC1)[C@@H]1CCC2CN1C(=O)N2OO[O-].O=S. The van der Waals surface area contributed by atoms with Crippen molar-refractivity contribution in [2.24, 2.45) is 0 Å². The predicted octanol–water partition coefficient (Wildman–Crippen LogP) is -0.494. The van der Waals surface area contributed by atoms with Crippen LogP contribution < -0.4 is 10.6 Å². The van der Waals surface area contributed by atoms with E-state index in [1.165, 1.54) is 11.3 Å². The molecule has 0 aromatic rings. The fourth-order valence-corrected chi connectivity index (χ4v) is 3.58. The summed E-state index contributed by atoms with van der Waals surface area (Å²) in [5, 5.41) is 17.4. The first-order valence-corrected chi connectivity index (χ1v) is 8.07. The second kappa shape index (κ2) is 8.48. The molecule has 2 atom stereocenters. The van der Waals surface area contributed by atoms with Gasteiger partial charge in [0.25, 0.3) is 0 Å². The summed E-state index contributed by atoms with van der Waals surface area (Å²) < 4.78 is 7.83. The van der Waals surface area contributed by atoms with Crippen LogP contribution in [0.1, 0.15) is 44.9 Å². The van der Waals surface area contributed by atoms with Gasteiger partial charge in [0.2, 0.25) is 5.91 Å². The van der Waals surface area contributed by atoms with Crippen LogP contribution >= 0.6 is 0 Å². The van der Waals surface area contributed by atoms with Crippen LogP contribution in [0, 0.1) is 0 Å². The molecule has 9 nitrogen and oxygen atoms in total. The molecule has 0 aromatic heterocycles. The zero-order valence-corrected chi connectivity index (χ0v) is 13.5. The third kappa shape index (κ3) is 3.94. The maximum Gasteiger partial charge on any atom is 0.347 e. The Bertz CT molecular complexity index is 434. The predicted molar refractivity (Wildman–Crippen MR) is 76.1 cm³/mol. The van der Waals surface area contributed by atoms with Crippen LogP contribution in [0.25, 0.3) is 0 Å². The quantitative estimate of drug-likeness (QED) is 0.540. The zero-order valence-electron chi connectivity index (χ0n) is 12.6. The van der Waals surface area contributed by atoms with E-state index in [2.05, 4.69) is 27.9 Å². The third-order valence-corrected chi connectivity index (χ3v) is 4.69. The number of urea groups is 1. The van der Waals surface area contributed by atoms with E-state index < -0.39 is 12.1 Å². The molecule has 0 radical (unpaired) electrons. The molecule has 2 saturated heterocycles. The van der Waals surface area contributed by atoms with Crippen molar-refractivity contribution < 1.29 is 29.1 Å². The lowest BCUT2D eigenvalue weighted by Crippen LogP contribution is -2.52. The Morgan fingerprint density at radius 2 is 1.87 bits per heavy atom. The van der Waals surface area contributed by atoms with Crippen molar-refractivity contribution in [1.82, 2.24) is 15.3 Å². The van der Waals surface area contributed by atoms with Gasteiger partial charge in [-0.05, 0) is 25.7 Å². The van der Waals surface area contributed by atoms with Crippen molar-refractivity contribution in [1.29, 1.82) is 0 Å². The van der Waals surface area contributed by atoms with Gasteiger partial charge in [0.05, 0.1) is 6.04 Å². The van der Waals surface area contributed by atoms with Gasteiger partial charge < -0.3 is 15.5 Å². The lowest BCUT2D eigenvalue weighted by atomic mass is 9.94. The fourth-order valence-electron chi connectivity index (χ4n) is 3.58. The molecule has 2 heterocycles. The van der Waals surface area contributed by atoms with Crippen molar-refractivity contribution in [3.8, 4) is 0 Å². The molecule has 2 aliphatic heterocycles. The van der Waals surface area contributed by atoms with E-state index in [0.29, 0.717) is 19.4 Å². The number of carbonyl (C=O) groups is 2. The fraction of sp³-hybridized carbons (Fsp3) is 0.846. The average molecular weight is 346 g/mol. The van der Waals surface area contributed by atoms with E-state index in [9.17, 15) is 14.8 Å². The molecule has 0 spiro atoms. The number of carbonyl (C=O) groups excluding carboxylic acids is 2. The van der Waals surface area contributed by atoms with Crippen molar-refractivity contribution in [3.05, 3.63) is 0 Å². The van der Waals surface area contributed by atoms with Crippen LogP contribution in [0.4, 0.5) is 4.79 Å². The van der Waals surface area contributed by atoms with Crippen molar-refractivity contribution >= 4 is 24.5 Å². The highest BCUT2D eigenvalue weighted by atomic mass is 32.1. The molecule has 130 valence electrons. The van der Waals surface area contributed by atoms with Gasteiger partial charge in [-0.25, -0.2) is 4.79 Å².